The van der Waals surface area contributed by atoms with E-state index in [9.17, 15) is 0 Å². The molecular weight excluding hydrogens is 258 g/mol. The van der Waals surface area contributed by atoms with Gasteiger partial charge in [-0.15, -0.1) is 0 Å². The minimum absolute atomic E-state index is 0.0446. The second kappa shape index (κ2) is 6.71. The van der Waals surface area contributed by atoms with E-state index in [0.717, 1.165) is 16.1 Å². The Balaban J connectivity index is 2.04. The minimum atomic E-state index is -0.0446. The Kier molecular flexibility index (Phi) is 4.97. The molecule has 0 spiro atoms. The Morgan fingerprint density at radius 3 is 2.21 bits per heavy atom. The Morgan fingerprint density at radius 1 is 1.00 bits per heavy atom. The molecule has 19 heavy (non-hydrogen) atoms. The van der Waals surface area contributed by atoms with Crippen LogP contribution >= 0.6 is 11.6 Å². The van der Waals surface area contributed by atoms with Crippen LogP contribution in [0.2, 0.25) is 5.02 Å². The van der Waals surface area contributed by atoms with Crippen molar-refractivity contribution in [2.75, 3.05) is 14.1 Å². The van der Waals surface area contributed by atoms with Gasteiger partial charge in [-0.2, -0.15) is 0 Å². The summed E-state index contributed by atoms with van der Waals surface area (Å²) < 4.78 is 6.00. The summed E-state index contributed by atoms with van der Waals surface area (Å²) in [7, 11) is 4.03. The molecule has 0 N–H and O–H groups in total. The lowest BCUT2D eigenvalue weighted by Gasteiger charge is -2.25. The third-order valence-corrected chi connectivity index (χ3v) is 3.13. The van der Waals surface area contributed by atoms with Crippen molar-refractivity contribution in [1.82, 2.24) is 4.90 Å². The van der Waals surface area contributed by atoms with Gasteiger partial charge in [0.2, 0.25) is 0 Å². The molecule has 0 aliphatic carbocycles. The molecule has 0 radical (unpaired) electrons. The summed E-state index contributed by atoms with van der Waals surface area (Å²) in [5.74, 6) is 0. The quantitative estimate of drug-likeness (QED) is 0.761. The van der Waals surface area contributed by atoms with Gasteiger partial charge < -0.3 is 4.74 Å². The zero-order valence-electron chi connectivity index (χ0n) is 11.2. The van der Waals surface area contributed by atoms with Crippen molar-refractivity contribution in [2.45, 2.75) is 12.8 Å². The molecule has 0 aromatic heterocycles. The zero-order chi connectivity index (χ0) is 13.7. The van der Waals surface area contributed by atoms with Crippen LogP contribution in [0, 0.1) is 0 Å². The maximum atomic E-state index is 6.00. The Labute approximate surface area is 119 Å². The van der Waals surface area contributed by atoms with Crippen LogP contribution in [-0.4, -0.2) is 19.0 Å². The number of halogens is 1. The van der Waals surface area contributed by atoms with Crippen LogP contribution in [-0.2, 0) is 11.3 Å². The highest BCUT2D eigenvalue weighted by Crippen LogP contribution is 2.21. The van der Waals surface area contributed by atoms with Gasteiger partial charge in [-0.25, -0.2) is 0 Å². The van der Waals surface area contributed by atoms with E-state index in [4.69, 9.17) is 16.3 Å². The van der Waals surface area contributed by atoms with Crippen molar-refractivity contribution in [3.63, 3.8) is 0 Å². The topological polar surface area (TPSA) is 12.5 Å². The smallest absolute Gasteiger partial charge is 0.136 e. The van der Waals surface area contributed by atoms with Crippen molar-refractivity contribution < 1.29 is 4.74 Å². The minimum Gasteiger partial charge on any atom is -0.354 e. The van der Waals surface area contributed by atoms with Crippen LogP contribution in [0.1, 0.15) is 17.4 Å². The van der Waals surface area contributed by atoms with E-state index < -0.39 is 0 Å². The molecule has 0 saturated heterocycles. The van der Waals surface area contributed by atoms with E-state index >= 15 is 0 Å². The summed E-state index contributed by atoms with van der Waals surface area (Å²) >= 11 is 5.87. The van der Waals surface area contributed by atoms with E-state index in [1.165, 1.54) is 0 Å². The molecule has 100 valence electrons. The Morgan fingerprint density at radius 2 is 1.63 bits per heavy atom. The van der Waals surface area contributed by atoms with Gasteiger partial charge in [-0.1, -0.05) is 54.1 Å². The monoisotopic (exact) mass is 275 g/mol. The number of hydrogen-bond donors (Lipinski definition) is 0. The van der Waals surface area contributed by atoms with Crippen LogP contribution in [0.25, 0.3) is 0 Å². The summed E-state index contributed by atoms with van der Waals surface area (Å²) in [5, 5.41) is 0.746. The molecule has 2 aromatic carbocycles. The van der Waals surface area contributed by atoms with Crippen molar-refractivity contribution in [2.24, 2.45) is 0 Å². The first-order valence-electron chi connectivity index (χ1n) is 6.24. The predicted molar refractivity (Wildman–Crippen MR) is 79.1 cm³/mol. The van der Waals surface area contributed by atoms with Crippen molar-refractivity contribution in [3.05, 3.63) is 70.7 Å². The van der Waals surface area contributed by atoms with Crippen LogP contribution in [0.3, 0.4) is 0 Å². The van der Waals surface area contributed by atoms with E-state index in [0.29, 0.717) is 6.61 Å². The second-order valence-corrected chi connectivity index (χ2v) is 5.10. The van der Waals surface area contributed by atoms with Crippen LogP contribution in [0.15, 0.2) is 54.6 Å². The lowest BCUT2D eigenvalue weighted by Crippen LogP contribution is -2.22. The molecule has 0 amide bonds. The van der Waals surface area contributed by atoms with E-state index in [2.05, 4.69) is 17.0 Å². The third kappa shape index (κ3) is 4.06. The molecule has 1 unspecified atom stereocenters. The highest BCUT2D eigenvalue weighted by atomic mass is 35.5. The normalized spacial score (nSPS) is 12.6. The van der Waals surface area contributed by atoms with E-state index in [1.54, 1.807) is 0 Å². The molecular formula is C16H18ClNO. The van der Waals surface area contributed by atoms with Gasteiger partial charge in [-0.3, -0.25) is 4.90 Å². The fraction of sp³-hybridized carbons (Fsp3) is 0.250. The van der Waals surface area contributed by atoms with Gasteiger partial charge >= 0.3 is 0 Å². The standard InChI is InChI=1S/C16H18ClNO/c1-18(2)16(14-6-4-3-5-7-14)19-12-13-8-10-15(17)11-9-13/h3-11,16H,12H2,1-2H3. The summed E-state index contributed by atoms with van der Waals surface area (Å²) in [6, 6.07) is 17.9. The number of nitrogens with zero attached hydrogens (tertiary/aromatic N) is 1. The lowest BCUT2D eigenvalue weighted by molar-refractivity contribution is -0.0487. The Bertz CT molecular complexity index is 496. The van der Waals surface area contributed by atoms with E-state index in [1.807, 2.05) is 56.6 Å². The number of benzene rings is 2. The maximum absolute atomic E-state index is 6.00. The lowest BCUT2D eigenvalue weighted by atomic mass is 10.2. The number of rotatable bonds is 5. The van der Waals surface area contributed by atoms with Crippen LogP contribution < -0.4 is 0 Å². The molecule has 0 heterocycles. The Hall–Kier alpha value is -1.35. The number of ether oxygens (including phenoxy) is 1. The first-order valence-corrected chi connectivity index (χ1v) is 6.62. The molecule has 2 rings (SSSR count). The molecule has 3 heteroatoms. The van der Waals surface area contributed by atoms with Crippen molar-refractivity contribution >= 4 is 11.6 Å². The summed E-state index contributed by atoms with van der Waals surface area (Å²) in [5.41, 5.74) is 2.27. The largest absolute Gasteiger partial charge is 0.354 e. The third-order valence-electron chi connectivity index (χ3n) is 2.87. The molecule has 0 aliphatic rings. The average Bonchev–Trinajstić information content (AvgIpc) is 2.42. The van der Waals surface area contributed by atoms with Gasteiger partial charge in [0.25, 0.3) is 0 Å². The first kappa shape index (κ1) is 14.1. The molecule has 2 nitrogen and oxygen atoms in total. The highest BCUT2D eigenvalue weighted by Gasteiger charge is 2.13. The molecule has 0 bridgehead atoms. The van der Waals surface area contributed by atoms with Gasteiger partial charge in [0.05, 0.1) is 6.61 Å². The van der Waals surface area contributed by atoms with Gasteiger partial charge in [-0.05, 0) is 37.4 Å². The average molecular weight is 276 g/mol. The van der Waals surface area contributed by atoms with Crippen molar-refractivity contribution in [1.29, 1.82) is 0 Å². The van der Waals surface area contributed by atoms with E-state index in [-0.39, 0.29) is 6.23 Å². The van der Waals surface area contributed by atoms with Crippen LogP contribution in [0.4, 0.5) is 0 Å². The predicted octanol–water partition coefficient (Wildman–Crippen LogP) is 4.12. The summed E-state index contributed by atoms with van der Waals surface area (Å²) in [4.78, 5) is 2.06. The maximum Gasteiger partial charge on any atom is 0.136 e. The zero-order valence-corrected chi connectivity index (χ0v) is 12.0. The second-order valence-electron chi connectivity index (χ2n) is 4.66. The SMILES string of the molecule is CN(C)C(OCc1ccc(Cl)cc1)c1ccccc1. The molecule has 0 aliphatic heterocycles. The highest BCUT2D eigenvalue weighted by molar-refractivity contribution is 6.30. The fourth-order valence-corrected chi connectivity index (χ4v) is 2.04. The molecule has 2 aromatic rings. The van der Waals surface area contributed by atoms with Gasteiger partial charge in [0.1, 0.15) is 6.23 Å². The summed E-state index contributed by atoms with van der Waals surface area (Å²) in [6.45, 7) is 0.564. The van der Waals surface area contributed by atoms with Crippen molar-refractivity contribution in [3.8, 4) is 0 Å². The fourth-order valence-electron chi connectivity index (χ4n) is 1.92. The van der Waals surface area contributed by atoms with Gasteiger partial charge in [0.15, 0.2) is 0 Å². The summed E-state index contributed by atoms with van der Waals surface area (Å²) in [6.07, 6.45) is -0.0446. The first-order chi connectivity index (χ1) is 9.16. The molecule has 0 saturated carbocycles. The van der Waals surface area contributed by atoms with Crippen LogP contribution in [0.5, 0.6) is 0 Å². The number of hydrogen-bond acceptors (Lipinski definition) is 2. The van der Waals surface area contributed by atoms with Gasteiger partial charge in [0, 0.05) is 5.02 Å². The molecule has 0 fully saturated rings. The molecule has 1 atom stereocenters.